The van der Waals surface area contributed by atoms with Crippen molar-refractivity contribution in [2.45, 2.75) is 4.83 Å². The van der Waals surface area contributed by atoms with Crippen LogP contribution in [0.3, 0.4) is 0 Å². The van der Waals surface area contributed by atoms with E-state index < -0.39 is 0 Å². The van der Waals surface area contributed by atoms with Crippen LogP contribution in [-0.4, -0.2) is 16.1 Å². The normalized spacial score (nSPS) is 12.4. The predicted octanol–water partition coefficient (Wildman–Crippen LogP) is 6.80. The van der Waals surface area contributed by atoms with Gasteiger partial charge in [-0.15, -0.1) is 0 Å². The third-order valence-corrected chi connectivity index (χ3v) is 8.72. The Morgan fingerprint density at radius 2 is 1.42 bits per heavy atom. The summed E-state index contributed by atoms with van der Waals surface area (Å²) in [5, 5.41) is 3.13. The maximum Gasteiger partial charge on any atom is 0.325 e. The number of hydrogen-bond acceptors (Lipinski definition) is 2. The van der Waals surface area contributed by atoms with Crippen LogP contribution in [0.2, 0.25) is 0 Å². The number of hydrogen-bond donors (Lipinski definition) is 0. The van der Waals surface area contributed by atoms with Gasteiger partial charge in [0.2, 0.25) is 0 Å². The lowest BCUT2D eigenvalue weighted by Gasteiger charge is -2.06. The highest BCUT2D eigenvalue weighted by Crippen LogP contribution is 2.48. The van der Waals surface area contributed by atoms with Crippen LogP contribution in [0.1, 0.15) is 0 Å². The minimum atomic E-state index is -0.349. The SMILES string of the molecule is O=C(Oc1ccc(-[s+]2c3ccccc3c3ccccc32)cc1)C(Br)CBr. The Morgan fingerprint density at radius 1 is 0.885 bits per heavy atom. The van der Waals surface area contributed by atoms with Crippen molar-refractivity contribution in [3.63, 3.8) is 0 Å². The van der Waals surface area contributed by atoms with Gasteiger partial charge in [-0.25, -0.2) is 0 Å². The average molecular weight is 491 g/mol. The Bertz CT molecular complexity index is 1030. The van der Waals surface area contributed by atoms with E-state index in [4.69, 9.17) is 4.74 Å². The lowest BCUT2D eigenvalue weighted by atomic mass is 10.2. The third kappa shape index (κ3) is 3.20. The van der Waals surface area contributed by atoms with E-state index >= 15 is 0 Å². The molecule has 1 heterocycles. The number of benzene rings is 3. The molecule has 5 heteroatoms. The third-order valence-electron chi connectivity index (χ3n) is 4.17. The van der Waals surface area contributed by atoms with E-state index in [9.17, 15) is 4.79 Å². The minimum absolute atomic E-state index is 0.129. The molecule has 1 atom stereocenters. The molecule has 4 aromatic rings. The van der Waals surface area contributed by atoms with Gasteiger partial charge < -0.3 is 4.74 Å². The van der Waals surface area contributed by atoms with Crippen LogP contribution in [0.5, 0.6) is 5.75 Å². The molecule has 1 unspecified atom stereocenters. The van der Waals surface area contributed by atoms with E-state index in [-0.39, 0.29) is 21.3 Å². The second-order valence-electron chi connectivity index (χ2n) is 5.81. The van der Waals surface area contributed by atoms with Crippen LogP contribution in [0.4, 0.5) is 0 Å². The number of thiophene rings is 1. The molecule has 26 heavy (non-hydrogen) atoms. The molecule has 0 amide bonds. The quantitative estimate of drug-likeness (QED) is 0.136. The summed E-state index contributed by atoms with van der Waals surface area (Å²) in [6.07, 6.45) is 0. The maximum absolute atomic E-state index is 11.9. The van der Waals surface area contributed by atoms with Crippen LogP contribution in [0.15, 0.2) is 72.8 Å². The zero-order chi connectivity index (χ0) is 18.1. The molecule has 0 saturated carbocycles. The number of esters is 1. The van der Waals surface area contributed by atoms with Crippen LogP contribution >= 0.6 is 42.3 Å². The molecular weight excluding hydrogens is 476 g/mol. The first-order valence-electron chi connectivity index (χ1n) is 8.13. The van der Waals surface area contributed by atoms with E-state index in [0.29, 0.717) is 11.1 Å². The summed E-state index contributed by atoms with van der Waals surface area (Å²) in [7, 11) is -0.129. The Morgan fingerprint density at radius 3 is 1.96 bits per heavy atom. The van der Waals surface area contributed by atoms with Crippen LogP contribution < -0.4 is 4.74 Å². The standard InChI is InChI=1S/C21H15Br2O2S/c22-13-18(23)21(24)25-14-9-11-15(12-10-14)26-19-7-3-1-5-16(19)17-6-2-4-8-20(17)26/h1-12,18H,13H2/q+1. The number of alkyl halides is 2. The Hall–Kier alpha value is -1.69. The minimum Gasteiger partial charge on any atom is -0.426 e. The first-order valence-corrected chi connectivity index (χ1v) is 11.4. The Labute approximate surface area is 171 Å². The van der Waals surface area contributed by atoms with Crippen LogP contribution in [-0.2, 0) is 4.79 Å². The van der Waals surface area contributed by atoms with Crippen molar-refractivity contribution in [3.8, 4) is 10.6 Å². The molecule has 3 aromatic carbocycles. The molecule has 4 rings (SSSR count). The molecule has 0 aliphatic heterocycles. The highest BCUT2D eigenvalue weighted by atomic mass is 79.9. The second kappa shape index (κ2) is 7.51. The molecule has 0 saturated heterocycles. The monoisotopic (exact) mass is 489 g/mol. The molecule has 0 aliphatic carbocycles. The van der Waals surface area contributed by atoms with E-state index in [1.165, 1.54) is 25.1 Å². The van der Waals surface area contributed by atoms with Crippen molar-refractivity contribution in [3.05, 3.63) is 72.8 Å². The molecule has 0 aliphatic rings. The van der Waals surface area contributed by atoms with Crippen molar-refractivity contribution < 1.29 is 9.53 Å². The van der Waals surface area contributed by atoms with E-state index in [0.717, 1.165) is 0 Å². The summed E-state index contributed by atoms with van der Waals surface area (Å²) in [6, 6.07) is 25.0. The smallest absolute Gasteiger partial charge is 0.325 e. The summed E-state index contributed by atoms with van der Waals surface area (Å²) in [5.41, 5.74) is 0. The molecule has 0 N–H and O–H groups in total. The van der Waals surface area contributed by atoms with Gasteiger partial charge >= 0.3 is 5.97 Å². The summed E-state index contributed by atoms with van der Waals surface area (Å²) < 4.78 is 8.10. The zero-order valence-electron chi connectivity index (χ0n) is 13.7. The van der Waals surface area contributed by atoms with Crippen LogP contribution in [0, 0.1) is 0 Å². The van der Waals surface area contributed by atoms with Gasteiger partial charge in [0.15, 0.2) is 14.3 Å². The maximum atomic E-state index is 11.9. The van der Waals surface area contributed by atoms with Gasteiger partial charge in [0, 0.05) is 38.7 Å². The summed E-state index contributed by atoms with van der Waals surface area (Å²) >= 11 is 6.55. The topological polar surface area (TPSA) is 26.3 Å². The molecule has 2 nitrogen and oxygen atoms in total. The highest BCUT2D eigenvalue weighted by molar-refractivity contribution is 9.12. The number of ether oxygens (including phenoxy) is 1. The zero-order valence-corrected chi connectivity index (χ0v) is 17.7. The predicted molar refractivity (Wildman–Crippen MR) is 117 cm³/mol. The fraction of sp³-hybridized carbons (Fsp3) is 0.0952. The fourth-order valence-corrected chi connectivity index (χ4v) is 5.73. The number of fused-ring (bicyclic) bond motifs is 3. The van der Waals surface area contributed by atoms with Crippen molar-refractivity contribution in [1.29, 1.82) is 0 Å². The average Bonchev–Trinajstić information content (AvgIpc) is 3.02. The van der Waals surface area contributed by atoms with Crippen molar-refractivity contribution in [2.75, 3.05) is 5.33 Å². The van der Waals surface area contributed by atoms with Gasteiger partial charge in [-0.3, -0.25) is 4.79 Å². The number of rotatable bonds is 4. The lowest BCUT2D eigenvalue weighted by Crippen LogP contribution is -2.21. The van der Waals surface area contributed by atoms with Crippen molar-refractivity contribution in [2.24, 2.45) is 0 Å². The van der Waals surface area contributed by atoms with E-state index in [1.807, 2.05) is 12.1 Å². The molecule has 0 spiro atoms. The first-order chi connectivity index (χ1) is 12.7. The molecule has 130 valence electrons. The second-order valence-corrected chi connectivity index (χ2v) is 9.53. The number of carbonyl (C=O) groups is 1. The Balaban J connectivity index is 1.77. The summed E-state index contributed by atoms with van der Waals surface area (Å²) in [6.45, 7) is 0. The molecule has 0 bridgehead atoms. The van der Waals surface area contributed by atoms with Gasteiger partial charge in [0.05, 0.1) is 0 Å². The molecule has 1 aromatic heterocycles. The lowest BCUT2D eigenvalue weighted by molar-refractivity contribution is -0.133. The first kappa shape index (κ1) is 17.7. The largest absolute Gasteiger partial charge is 0.426 e. The van der Waals surface area contributed by atoms with Crippen molar-refractivity contribution in [1.82, 2.24) is 0 Å². The fourth-order valence-electron chi connectivity index (χ4n) is 2.99. The van der Waals surface area contributed by atoms with Gasteiger partial charge in [0.25, 0.3) is 0 Å². The summed E-state index contributed by atoms with van der Waals surface area (Å²) in [4.78, 5) is 12.8. The molecular formula is C21H15Br2O2S+. The van der Waals surface area contributed by atoms with Gasteiger partial charge in [0.1, 0.15) is 10.6 Å². The number of halogens is 2. The van der Waals surface area contributed by atoms with E-state index in [2.05, 4.69) is 92.5 Å². The highest BCUT2D eigenvalue weighted by Gasteiger charge is 2.23. The summed E-state index contributed by atoms with van der Waals surface area (Å²) in [5.74, 6) is 0.266. The van der Waals surface area contributed by atoms with Gasteiger partial charge in [-0.2, -0.15) is 0 Å². The van der Waals surface area contributed by atoms with E-state index in [1.54, 1.807) is 0 Å². The molecule has 0 radical (unpaired) electrons. The Kier molecular flexibility index (Phi) is 5.11. The van der Waals surface area contributed by atoms with Gasteiger partial charge in [-0.1, -0.05) is 56.1 Å². The molecule has 0 fully saturated rings. The van der Waals surface area contributed by atoms with Crippen LogP contribution in [0.25, 0.3) is 25.1 Å². The number of carbonyl (C=O) groups excluding carboxylic acids is 1. The van der Waals surface area contributed by atoms with Crippen molar-refractivity contribution >= 4 is 68.5 Å². The van der Waals surface area contributed by atoms with Gasteiger partial charge in [-0.05, 0) is 36.4 Å².